The Hall–Kier alpha value is -1.34. The van der Waals surface area contributed by atoms with Crippen LogP contribution in [-0.2, 0) is 11.3 Å². The van der Waals surface area contributed by atoms with Gasteiger partial charge in [-0.05, 0) is 18.2 Å². The molecule has 1 aromatic carbocycles. The highest BCUT2D eigenvalue weighted by molar-refractivity contribution is 6.36. The van der Waals surface area contributed by atoms with Gasteiger partial charge in [0.1, 0.15) is 0 Å². The van der Waals surface area contributed by atoms with Crippen LogP contribution in [0.1, 0.15) is 5.89 Å². The largest absolute Gasteiger partial charge is 0.406 e. The van der Waals surface area contributed by atoms with Crippen LogP contribution in [0.15, 0.2) is 22.6 Å². The lowest BCUT2D eigenvalue weighted by atomic mass is 10.3. The number of ether oxygens (including phenoxy) is 1. The second-order valence-corrected chi connectivity index (χ2v) is 4.76. The monoisotopic (exact) mass is 316 g/mol. The number of halogens is 2. The fourth-order valence-corrected chi connectivity index (χ4v) is 1.91. The second kappa shape index (κ2) is 7.44. The van der Waals surface area contributed by atoms with E-state index in [0.29, 0.717) is 41.3 Å². The molecule has 8 heteroatoms. The average molecular weight is 317 g/mol. The van der Waals surface area contributed by atoms with E-state index in [1.807, 2.05) is 0 Å². The van der Waals surface area contributed by atoms with E-state index < -0.39 is 0 Å². The van der Waals surface area contributed by atoms with Gasteiger partial charge < -0.3 is 19.8 Å². The molecular weight excluding hydrogens is 303 g/mol. The molecule has 2 N–H and O–H groups in total. The van der Waals surface area contributed by atoms with Crippen LogP contribution >= 0.6 is 23.2 Å². The van der Waals surface area contributed by atoms with Crippen LogP contribution in [0.25, 0.3) is 0 Å². The van der Waals surface area contributed by atoms with Gasteiger partial charge >= 0.3 is 6.01 Å². The van der Waals surface area contributed by atoms with Crippen molar-refractivity contribution < 1.29 is 9.15 Å². The van der Waals surface area contributed by atoms with Crippen LogP contribution in [0, 0.1) is 0 Å². The van der Waals surface area contributed by atoms with Crippen LogP contribution in [0.3, 0.4) is 0 Å². The van der Waals surface area contributed by atoms with Gasteiger partial charge in [0.15, 0.2) is 0 Å². The lowest BCUT2D eigenvalue weighted by molar-refractivity contribution is 0.198. The number of hydrogen-bond donors (Lipinski definition) is 2. The van der Waals surface area contributed by atoms with Gasteiger partial charge in [-0.2, -0.15) is 0 Å². The minimum absolute atomic E-state index is 0.276. The lowest BCUT2D eigenvalue weighted by Crippen LogP contribution is -2.18. The first-order valence-electron chi connectivity index (χ1n) is 5.93. The molecule has 0 atom stereocenters. The van der Waals surface area contributed by atoms with E-state index in [4.69, 9.17) is 32.4 Å². The molecule has 0 spiro atoms. The molecule has 0 bridgehead atoms. The molecule has 1 heterocycles. The normalized spacial score (nSPS) is 10.8. The first-order valence-corrected chi connectivity index (χ1v) is 6.68. The predicted octanol–water partition coefficient (Wildman–Crippen LogP) is 2.86. The summed E-state index contributed by atoms with van der Waals surface area (Å²) in [6.07, 6.45) is 0. The molecule has 20 heavy (non-hydrogen) atoms. The molecule has 0 aliphatic carbocycles. The molecule has 0 unspecified atom stereocenters. The number of nitrogens with one attached hydrogen (secondary N) is 2. The summed E-state index contributed by atoms with van der Waals surface area (Å²) in [5.74, 6) is 0.480. The van der Waals surface area contributed by atoms with Crippen molar-refractivity contribution in [2.45, 2.75) is 6.54 Å². The van der Waals surface area contributed by atoms with Crippen molar-refractivity contribution in [1.82, 2.24) is 15.5 Å². The maximum Gasteiger partial charge on any atom is 0.320 e. The summed E-state index contributed by atoms with van der Waals surface area (Å²) < 4.78 is 10.3. The number of aromatic nitrogens is 2. The zero-order chi connectivity index (χ0) is 14.4. The average Bonchev–Trinajstić information content (AvgIpc) is 2.86. The standard InChI is InChI=1S/C12H14Cl2N4O2/c1-19-5-4-15-7-11-17-18-12(20-11)16-10-3-2-8(13)6-9(10)14/h2-3,6,15H,4-5,7H2,1H3,(H,16,18). The minimum Gasteiger partial charge on any atom is -0.406 e. The minimum atomic E-state index is 0.276. The fraction of sp³-hybridized carbons (Fsp3) is 0.333. The summed E-state index contributed by atoms with van der Waals surface area (Å²) in [5, 5.41) is 14.9. The third-order valence-electron chi connectivity index (χ3n) is 2.40. The summed E-state index contributed by atoms with van der Waals surface area (Å²) in [7, 11) is 1.65. The van der Waals surface area contributed by atoms with E-state index >= 15 is 0 Å². The van der Waals surface area contributed by atoms with Gasteiger partial charge in [-0.15, -0.1) is 5.10 Å². The highest BCUT2D eigenvalue weighted by atomic mass is 35.5. The van der Waals surface area contributed by atoms with E-state index in [0.717, 1.165) is 0 Å². The van der Waals surface area contributed by atoms with Crippen LogP contribution in [0.4, 0.5) is 11.7 Å². The van der Waals surface area contributed by atoms with Gasteiger partial charge in [0.25, 0.3) is 0 Å². The maximum absolute atomic E-state index is 6.04. The predicted molar refractivity (Wildman–Crippen MR) is 77.6 cm³/mol. The molecule has 6 nitrogen and oxygen atoms in total. The molecule has 0 saturated heterocycles. The van der Waals surface area contributed by atoms with Crippen LogP contribution in [-0.4, -0.2) is 30.5 Å². The van der Waals surface area contributed by atoms with E-state index in [9.17, 15) is 0 Å². The second-order valence-electron chi connectivity index (χ2n) is 3.92. The van der Waals surface area contributed by atoms with E-state index in [2.05, 4.69) is 20.8 Å². The highest BCUT2D eigenvalue weighted by Crippen LogP contribution is 2.27. The quantitative estimate of drug-likeness (QED) is 0.765. The van der Waals surface area contributed by atoms with Crippen molar-refractivity contribution >= 4 is 34.9 Å². The lowest BCUT2D eigenvalue weighted by Gasteiger charge is -2.04. The summed E-state index contributed by atoms with van der Waals surface area (Å²) in [5.41, 5.74) is 0.651. The van der Waals surface area contributed by atoms with E-state index in [-0.39, 0.29) is 6.01 Å². The maximum atomic E-state index is 6.04. The summed E-state index contributed by atoms with van der Waals surface area (Å²) >= 11 is 11.9. The Labute approximate surface area is 126 Å². The van der Waals surface area contributed by atoms with Crippen molar-refractivity contribution in [3.8, 4) is 0 Å². The Balaban J connectivity index is 1.92. The molecular formula is C12H14Cl2N4O2. The Kier molecular flexibility index (Phi) is 5.60. The number of anilines is 2. The Morgan fingerprint density at radius 2 is 2.15 bits per heavy atom. The van der Waals surface area contributed by atoms with Gasteiger partial charge in [-0.1, -0.05) is 28.3 Å². The van der Waals surface area contributed by atoms with Gasteiger partial charge in [0.2, 0.25) is 5.89 Å². The molecule has 108 valence electrons. The molecule has 0 aliphatic rings. The molecule has 1 aromatic heterocycles. The Morgan fingerprint density at radius 3 is 2.90 bits per heavy atom. The third kappa shape index (κ3) is 4.35. The Bertz CT molecular complexity index is 562. The van der Waals surface area contributed by atoms with E-state index in [1.54, 1.807) is 25.3 Å². The zero-order valence-electron chi connectivity index (χ0n) is 10.8. The smallest absolute Gasteiger partial charge is 0.320 e. The van der Waals surface area contributed by atoms with Crippen molar-refractivity contribution in [1.29, 1.82) is 0 Å². The van der Waals surface area contributed by atoms with Gasteiger partial charge in [0.05, 0.1) is 23.9 Å². The molecule has 2 rings (SSSR count). The van der Waals surface area contributed by atoms with Crippen molar-refractivity contribution in [3.63, 3.8) is 0 Å². The summed E-state index contributed by atoms with van der Waals surface area (Å²) in [4.78, 5) is 0. The Morgan fingerprint density at radius 1 is 1.30 bits per heavy atom. The number of nitrogens with zero attached hydrogens (tertiary/aromatic N) is 2. The third-order valence-corrected chi connectivity index (χ3v) is 2.95. The van der Waals surface area contributed by atoms with Crippen molar-refractivity contribution in [2.24, 2.45) is 0 Å². The molecule has 2 aromatic rings. The number of methoxy groups -OCH3 is 1. The van der Waals surface area contributed by atoms with Crippen LogP contribution in [0.2, 0.25) is 10.0 Å². The van der Waals surface area contributed by atoms with Gasteiger partial charge in [-0.25, -0.2) is 0 Å². The molecule has 0 aliphatic heterocycles. The van der Waals surface area contributed by atoms with Gasteiger partial charge in [-0.3, -0.25) is 0 Å². The first kappa shape index (κ1) is 15.1. The fourth-order valence-electron chi connectivity index (χ4n) is 1.45. The topological polar surface area (TPSA) is 72.2 Å². The first-order chi connectivity index (χ1) is 9.69. The molecule has 0 amide bonds. The molecule has 0 saturated carbocycles. The molecule has 0 radical (unpaired) electrons. The molecule has 0 fully saturated rings. The van der Waals surface area contributed by atoms with Crippen LogP contribution < -0.4 is 10.6 Å². The van der Waals surface area contributed by atoms with Gasteiger partial charge in [0, 0.05) is 18.7 Å². The van der Waals surface area contributed by atoms with E-state index in [1.165, 1.54) is 0 Å². The summed E-state index contributed by atoms with van der Waals surface area (Å²) in [6.45, 7) is 1.82. The SMILES string of the molecule is COCCNCc1nnc(Nc2ccc(Cl)cc2Cl)o1. The zero-order valence-corrected chi connectivity index (χ0v) is 12.3. The van der Waals surface area contributed by atoms with Crippen molar-refractivity contribution in [2.75, 3.05) is 25.6 Å². The number of rotatable bonds is 7. The summed E-state index contributed by atoms with van der Waals surface area (Å²) in [6, 6.07) is 5.37. The highest BCUT2D eigenvalue weighted by Gasteiger charge is 2.08. The van der Waals surface area contributed by atoms with Crippen molar-refractivity contribution in [3.05, 3.63) is 34.1 Å². The van der Waals surface area contributed by atoms with Crippen LogP contribution in [0.5, 0.6) is 0 Å². The number of benzene rings is 1. The number of hydrogen-bond acceptors (Lipinski definition) is 6.